The lowest BCUT2D eigenvalue weighted by Crippen LogP contribution is -2.21. The quantitative estimate of drug-likeness (QED) is 0.782. The first-order valence-corrected chi connectivity index (χ1v) is 7.66. The van der Waals surface area contributed by atoms with Crippen LogP contribution in [0, 0.1) is 5.82 Å². The largest absolute Gasteiger partial charge is 0.375 e. The van der Waals surface area contributed by atoms with E-state index in [9.17, 15) is 9.18 Å². The van der Waals surface area contributed by atoms with E-state index >= 15 is 0 Å². The zero-order valence-electron chi connectivity index (χ0n) is 12.4. The van der Waals surface area contributed by atoms with Gasteiger partial charge >= 0.3 is 0 Å². The van der Waals surface area contributed by atoms with Crippen molar-refractivity contribution in [1.29, 1.82) is 0 Å². The first kappa shape index (κ1) is 13.5. The molecule has 4 nitrogen and oxygen atoms in total. The summed E-state index contributed by atoms with van der Waals surface area (Å²) in [6, 6.07) is 0.0340. The fraction of sp³-hybridized carbons (Fsp3) is 0.353. The second-order valence-electron chi connectivity index (χ2n) is 5.97. The lowest BCUT2D eigenvalue weighted by Gasteiger charge is -2.20. The normalized spacial score (nSPS) is 24.3. The molecule has 0 aromatic heterocycles. The Balaban J connectivity index is 1.97. The van der Waals surface area contributed by atoms with E-state index in [1.165, 1.54) is 0 Å². The Labute approximate surface area is 128 Å². The van der Waals surface area contributed by atoms with Gasteiger partial charge in [-0.25, -0.2) is 4.39 Å². The van der Waals surface area contributed by atoms with E-state index in [0.29, 0.717) is 36.3 Å². The van der Waals surface area contributed by atoms with Crippen molar-refractivity contribution >= 4 is 11.6 Å². The summed E-state index contributed by atoms with van der Waals surface area (Å²) in [5, 5.41) is 6.12. The summed E-state index contributed by atoms with van der Waals surface area (Å²) in [5.74, 6) is -0.398. The Bertz CT molecular complexity index is 751. The molecular weight excluding hydrogens is 281 g/mol. The van der Waals surface area contributed by atoms with Crippen LogP contribution in [0.4, 0.5) is 10.1 Å². The number of anilines is 1. The van der Waals surface area contributed by atoms with Crippen LogP contribution in [0.3, 0.4) is 0 Å². The smallest absolute Gasteiger partial charge is 0.252 e. The third kappa shape index (κ3) is 1.63. The highest BCUT2D eigenvalue weighted by molar-refractivity contribution is 6.01. The van der Waals surface area contributed by atoms with Crippen LogP contribution in [0.1, 0.15) is 39.9 Å². The van der Waals surface area contributed by atoms with E-state index in [-0.39, 0.29) is 23.7 Å². The molecule has 22 heavy (non-hydrogen) atoms. The van der Waals surface area contributed by atoms with Crippen LogP contribution in [0.5, 0.6) is 0 Å². The van der Waals surface area contributed by atoms with Gasteiger partial charge < -0.3 is 16.4 Å². The van der Waals surface area contributed by atoms with E-state index in [0.717, 1.165) is 16.7 Å². The molecule has 114 valence electrons. The minimum atomic E-state index is -0.279. The van der Waals surface area contributed by atoms with Gasteiger partial charge in [0.25, 0.3) is 5.91 Å². The molecular formula is C17H18FN3O. The summed E-state index contributed by atoms with van der Waals surface area (Å²) in [6.45, 7) is 2.82. The van der Waals surface area contributed by atoms with Gasteiger partial charge in [-0.15, -0.1) is 0 Å². The Morgan fingerprint density at radius 3 is 3.00 bits per heavy atom. The van der Waals surface area contributed by atoms with Crippen molar-refractivity contribution in [3.05, 3.63) is 51.9 Å². The number of carbonyl (C=O) groups is 1. The number of rotatable bonds is 2. The maximum Gasteiger partial charge on any atom is 0.252 e. The summed E-state index contributed by atoms with van der Waals surface area (Å²) < 4.78 is 14.9. The summed E-state index contributed by atoms with van der Waals surface area (Å²) in [5.41, 5.74) is 10.3. The highest BCUT2D eigenvalue weighted by atomic mass is 19.1. The van der Waals surface area contributed by atoms with Crippen molar-refractivity contribution < 1.29 is 9.18 Å². The number of fused-ring (bicyclic) bond motifs is 5. The third-order valence-electron chi connectivity index (χ3n) is 4.87. The first-order valence-electron chi connectivity index (χ1n) is 7.66. The molecule has 0 spiro atoms. The maximum atomic E-state index is 14.9. The molecule has 0 bridgehead atoms. The van der Waals surface area contributed by atoms with Crippen molar-refractivity contribution in [3.63, 3.8) is 0 Å². The maximum absolute atomic E-state index is 14.9. The average molecular weight is 299 g/mol. The lowest BCUT2D eigenvalue weighted by molar-refractivity contribution is 0.0964. The predicted octanol–water partition coefficient (Wildman–Crippen LogP) is 1.96. The molecule has 2 atom stereocenters. The molecule has 2 aliphatic heterocycles. The first-order chi connectivity index (χ1) is 10.7. The number of amides is 1. The van der Waals surface area contributed by atoms with Gasteiger partial charge in [-0.05, 0) is 23.1 Å². The molecule has 2 unspecified atom stereocenters. The summed E-state index contributed by atoms with van der Waals surface area (Å²) in [7, 11) is 0. The number of hydrogen-bond acceptors (Lipinski definition) is 3. The van der Waals surface area contributed by atoms with Crippen LogP contribution < -0.4 is 16.4 Å². The Hall–Kier alpha value is -2.14. The number of halogens is 1. The predicted molar refractivity (Wildman–Crippen MR) is 83.4 cm³/mol. The van der Waals surface area contributed by atoms with Crippen LogP contribution >= 0.6 is 0 Å². The fourth-order valence-electron chi connectivity index (χ4n) is 3.84. The molecule has 2 heterocycles. The van der Waals surface area contributed by atoms with E-state index in [2.05, 4.69) is 16.7 Å². The lowest BCUT2D eigenvalue weighted by atomic mass is 9.84. The molecule has 0 fully saturated rings. The Kier molecular flexibility index (Phi) is 2.87. The van der Waals surface area contributed by atoms with Crippen molar-refractivity contribution in [2.24, 2.45) is 5.73 Å². The molecule has 1 aliphatic carbocycles. The van der Waals surface area contributed by atoms with Gasteiger partial charge in [-0.2, -0.15) is 0 Å². The van der Waals surface area contributed by atoms with Crippen molar-refractivity contribution in [1.82, 2.24) is 5.32 Å². The third-order valence-corrected chi connectivity index (χ3v) is 4.87. The minimum Gasteiger partial charge on any atom is -0.375 e. The van der Waals surface area contributed by atoms with Gasteiger partial charge in [0.05, 0.1) is 17.3 Å². The topological polar surface area (TPSA) is 67.2 Å². The van der Waals surface area contributed by atoms with E-state index in [4.69, 9.17) is 5.73 Å². The molecule has 3 aliphatic rings. The summed E-state index contributed by atoms with van der Waals surface area (Å²) >= 11 is 0. The van der Waals surface area contributed by atoms with Crippen LogP contribution in [0.15, 0.2) is 23.8 Å². The molecule has 1 aromatic rings. The molecule has 1 aromatic carbocycles. The molecule has 0 saturated heterocycles. The summed E-state index contributed by atoms with van der Waals surface area (Å²) in [4.78, 5) is 12.1. The SMILES string of the molecule is CCc1c(F)c2c(c3c1C(=O)NC3)C1C=C(CN)C=CC1N2. The number of nitrogens with one attached hydrogen (secondary N) is 2. The van der Waals surface area contributed by atoms with E-state index in [1.54, 1.807) is 0 Å². The summed E-state index contributed by atoms with van der Waals surface area (Å²) in [6.07, 6.45) is 6.63. The molecule has 0 radical (unpaired) electrons. The second kappa shape index (κ2) is 4.68. The van der Waals surface area contributed by atoms with Gasteiger partial charge in [-0.3, -0.25) is 4.79 Å². The molecule has 5 heteroatoms. The fourth-order valence-corrected chi connectivity index (χ4v) is 3.84. The Morgan fingerprint density at radius 2 is 2.27 bits per heavy atom. The van der Waals surface area contributed by atoms with Crippen LogP contribution in [0.2, 0.25) is 0 Å². The average Bonchev–Trinajstić information content (AvgIpc) is 3.09. The minimum absolute atomic E-state index is 0.0340. The van der Waals surface area contributed by atoms with Crippen LogP contribution in [0.25, 0.3) is 0 Å². The van der Waals surface area contributed by atoms with Gasteiger partial charge in [-0.1, -0.05) is 25.2 Å². The van der Waals surface area contributed by atoms with Gasteiger partial charge in [0.2, 0.25) is 0 Å². The van der Waals surface area contributed by atoms with Gasteiger partial charge in [0.15, 0.2) is 5.82 Å². The van der Waals surface area contributed by atoms with Gasteiger partial charge in [0.1, 0.15) is 0 Å². The second-order valence-corrected chi connectivity index (χ2v) is 5.97. The van der Waals surface area contributed by atoms with Crippen LogP contribution in [-0.4, -0.2) is 18.5 Å². The highest BCUT2D eigenvalue weighted by Crippen LogP contribution is 2.47. The zero-order valence-corrected chi connectivity index (χ0v) is 12.4. The monoisotopic (exact) mass is 299 g/mol. The number of benzene rings is 1. The van der Waals surface area contributed by atoms with Crippen molar-refractivity contribution in [3.8, 4) is 0 Å². The molecule has 4 N–H and O–H groups in total. The molecule has 0 saturated carbocycles. The highest BCUT2D eigenvalue weighted by Gasteiger charge is 2.40. The van der Waals surface area contributed by atoms with E-state index in [1.807, 2.05) is 19.1 Å². The standard InChI is InChI=1S/C17H18FN3O/c1-2-9-14-11(7-20-17(14)22)13-10-5-8(6-19)3-4-12(10)21-16(13)15(9)18/h3-5,10,12,21H,2,6-7,19H2,1H3,(H,20,22). The van der Waals surface area contributed by atoms with Crippen LogP contribution in [-0.2, 0) is 13.0 Å². The number of nitrogens with two attached hydrogens (primary N) is 1. The zero-order chi connectivity index (χ0) is 15.4. The van der Waals surface area contributed by atoms with Crippen molar-refractivity contribution in [2.75, 3.05) is 11.9 Å². The number of hydrogen-bond donors (Lipinski definition) is 3. The van der Waals surface area contributed by atoms with Gasteiger partial charge in [0, 0.05) is 24.6 Å². The van der Waals surface area contributed by atoms with Crippen molar-refractivity contribution in [2.45, 2.75) is 31.8 Å². The number of carbonyl (C=O) groups excluding carboxylic acids is 1. The van der Waals surface area contributed by atoms with E-state index < -0.39 is 0 Å². The Morgan fingerprint density at radius 1 is 1.45 bits per heavy atom. The molecule has 1 amide bonds. The molecule has 4 rings (SSSR count).